The summed E-state index contributed by atoms with van der Waals surface area (Å²) in [4.78, 5) is 0. The molecule has 114 valence electrons. The summed E-state index contributed by atoms with van der Waals surface area (Å²) in [5.74, 6) is 0.626. The molecule has 0 rings (SSSR count). The van der Waals surface area contributed by atoms with Crippen LogP contribution in [0.1, 0.15) is 79.1 Å². The number of hydrogen-bond acceptors (Lipinski definition) is 2. The van der Waals surface area contributed by atoms with Crippen molar-refractivity contribution in [3.05, 3.63) is 12.2 Å². The predicted octanol–water partition coefficient (Wildman–Crippen LogP) is 4.45. The van der Waals surface area contributed by atoms with E-state index in [0.717, 1.165) is 38.5 Å². The largest absolute Gasteiger partial charge is 0.390 e. The number of aliphatic hydroxyl groups excluding tert-OH is 1. The number of rotatable bonds is 11. The Morgan fingerprint density at radius 2 is 1.79 bits per heavy atom. The van der Waals surface area contributed by atoms with Crippen molar-refractivity contribution in [3.8, 4) is 0 Å². The van der Waals surface area contributed by atoms with Crippen LogP contribution in [0.3, 0.4) is 0 Å². The van der Waals surface area contributed by atoms with Gasteiger partial charge >= 0.3 is 0 Å². The molecule has 0 radical (unpaired) electrons. The molecule has 0 saturated heterocycles. The Hall–Kier alpha value is -0.340. The normalized spacial score (nSPS) is 15.9. The van der Waals surface area contributed by atoms with Gasteiger partial charge in [0.1, 0.15) is 0 Å². The van der Waals surface area contributed by atoms with Crippen molar-refractivity contribution in [2.45, 2.75) is 90.8 Å². The third-order valence-electron chi connectivity index (χ3n) is 3.49. The van der Waals surface area contributed by atoms with E-state index in [9.17, 15) is 10.2 Å². The minimum Gasteiger partial charge on any atom is -0.390 e. The van der Waals surface area contributed by atoms with Gasteiger partial charge in [-0.05, 0) is 39.0 Å². The van der Waals surface area contributed by atoms with Crippen LogP contribution >= 0.6 is 0 Å². The van der Waals surface area contributed by atoms with Gasteiger partial charge in [0, 0.05) is 0 Å². The molecule has 0 spiro atoms. The van der Waals surface area contributed by atoms with Gasteiger partial charge in [-0.2, -0.15) is 0 Å². The molecule has 2 heteroatoms. The minimum atomic E-state index is -0.537. The Balaban J connectivity index is 3.62. The molecule has 2 atom stereocenters. The molecule has 0 aromatic heterocycles. The molecule has 0 bridgehead atoms. The second kappa shape index (κ2) is 10.4. The van der Waals surface area contributed by atoms with Crippen LogP contribution in [0.15, 0.2) is 12.2 Å². The molecule has 2 nitrogen and oxygen atoms in total. The predicted molar refractivity (Wildman–Crippen MR) is 83.2 cm³/mol. The number of unbranched alkanes of at least 4 members (excludes halogenated alkanes) is 2. The molecule has 0 saturated carbocycles. The van der Waals surface area contributed by atoms with Crippen molar-refractivity contribution in [3.63, 3.8) is 0 Å². The van der Waals surface area contributed by atoms with Crippen molar-refractivity contribution < 1.29 is 10.2 Å². The number of allylic oxidation sites excluding steroid dienone is 1. The maximum atomic E-state index is 9.75. The van der Waals surface area contributed by atoms with Crippen LogP contribution in [0.25, 0.3) is 0 Å². The van der Waals surface area contributed by atoms with Crippen LogP contribution in [0.5, 0.6) is 0 Å². The van der Waals surface area contributed by atoms with E-state index in [2.05, 4.69) is 19.9 Å². The fourth-order valence-electron chi connectivity index (χ4n) is 2.17. The fourth-order valence-corrected chi connectivity index (χ4v) is 2.17. The highest BCUT2D eigenvalue weighted by Gasteiger charge is 2.12. The smallest absolute Gasteiger partial charge is 0.0720 e. The Labute approximate surface area is 119 Å². The van der Waals surface area contributed by atoms with E-state index in [1.54, 1.807) is 0 Å². The van der Waals surface area contributed by atoms with Gasteiger partial charge in [-0.3, -0.25) is 0 Å². The zero-order chi connectivity index (χ0) is 14.7. The molecule has 0 amide bonds. The van der Waals surface area contributed by atoms with E-state index < -0.39 is 5.60 Å². The molecular formula is C17H34O2. The van der Waals surface area contributed by atoms with Crippen molar-refractivity contribution >= 4 is 0 Å². The Bertz CT molecular complexity index is 228. The van der Waals surface area contributed by atoms with Crippen LogP contribution in [-0.4, -0.2) is 21.9 Å². The van der Waals surface area contributed by atoms with Gasteiger partial charge < -0.3 is 10.2 Å². The van der Waals surface area contributed by atoms with E-state index in [1.807, 2.05) is 19.9 Å². The van der Waals surface area contributed by atoms with Crippen molar-refractivity contribution in [1.29, 1.82) is 0 Å². The van der Waals surface area contributed by atoms with Crippen LogP contribution in [0.2, 0.25) is 0 Å². The third kappa shape index (κ3) is 13.9. The van der Waals surface area contributed by atoms with Crippen molar-refractivity contribution in [1.82, 2.24) is 0 Å². The number of hydrogen-bond donors (Lipinski definition) is 2. The Morgan fingerprint density at radius 3 is 2.37 bits per heavy atom. The lowest BCUT2D eigenvalue weighted by atomic mass is 9.95. The Kier molecular flexibility index (Phi) is 10.3. The SMILES string of the molecule is CCCCCC(O)/C=C/C[C@H](C)CCCC(C)(C)O. The first kappa shape index (κ1) is 18.7. The number of aliphatic hydroxyl groups is 2. The summed E-state index contributed by atoms with van der Waals surface area (Å²) in [6.07, 6.45) is 12.3. The van der Waals surface area contributed by atoms with Crippen LogP contribution < -0.4 is 0 Å². The van der Waals surface area contributed by atoms with Gasteiger partial charge in [-0.25, -0.2) is 0 Å². The highest BCUT2D eigenvalue weighted by Crippen LogP contribution is 2.18. The summed E-state index contributed by atoms with van der Waals surface area (Å²) >= 11 is 0. The molecule has 0 aliphatic heterocycles. The van der Waals surface area contributed by atoms with Gasteiger partial charge in [0.05, 0.1) is 11.7 Å². The molecule has 19 heavy (non-hydrogen) atoms. The third-order valence-corrected chi connectivity index (χ3v) is 3.49. The summed E-state index contributed by atoms with van der Waals surface area (Å²) < 4.78 is 0. The molecule has 0 aromatic rings. The van der Waals surface area contributed by atoms with Gasteiger partial charge in [-0.15, -0.1) is 0 Å². The van der Waals surface area contributed by atoms with Gasteiger partial charge in [0.25, 0.3) is 0 Å². The summed E-state index contributed by atoms with van der Waals surface area (Å²) in [6, 6.07) is 0. The topological polar surface area (TPSA) is 40.5 Å². The maximum Gasteiger partial charge on any atom is 0.0720 e. The van der Waals surface area contributed by atoms with Crippen molar-refractivity contribution in [2.75, 3.05) is 0 Å². The molecule has 0 aromatic carbocycles. The van der Waals surface area contributed by atoms with Gasteiger partial charge in [0.2, 0.25) is 0 Å². The van der Waals surface area contributed by atoms with E-state index in [-0.39, 0.29) is 6.10 Å². The molecular weight excluding hydrogens is 236 g/mol. The summed E-state index contributed by atoms with van der Waals surface area (Å²) in [7, 11) is 0. The highest BCUT2D eigenvalue weighted by molar-refractivity contribution is 4.89. The van der Waals surface area contributed by atoms with E-state index in [1.165, 1.54) is 12.8 Å². The lowest BCUT2D eigenvalue weighted by Gasteiger charge is -2.17. The molecule has 1 unspecified atom stereocenters. The first-order valence-corrected chi connectivity index (χ1v) is 7.92. The lowest BCUT2D eigenvalue weighted by molar-refractivity contribution is 0.0670. The highest BCUT2D eigenvalue weighted by atomic mass is 16.3. The summed E-state index contributed by atoms with van der Waals surface area (Å²) in [5, 5.41) is 19.4. The second-order valence-corrected chi connectivity index (χ2v) is 6.54. The zero-order valence-corrected chi connectivity index (χ0v) is 13.4. The molecule has 0 fully saturated rings. The van der Waals surface area contributed by atoms with E-state index >= 15 is 0 Å². The quantitative estimate of drug-likeness (QED) is 0.430. The zero-order valence-electron chi connectivity index (χ0n) is 13.4. The standard InChI is InChI=1S/C17H34O2/c1-5-6-7-12-16(18)13-8-10-15(2)11-9-14-17(3,4)19/h8,13,15-16,18-19H,5-7,9-12,14H2,1-4H3/b13-8+/t15-,16?/m0/s1. The second-order valence-electron chi connectivity index (χ2n) is 6.54. The monoisotopic (exact) mass is 270 g/mol. The molecule has 0 heterocycles. The van der Waals surface area contributed by atoms with E-state index in [4.69, 9.17) is 0 Å². The van der Waals surface area contributed by atoms with Crippen LogP contribution in [0, 0.1) is 5.92 Å². The summed E-state index contributed by atoms with van der Waals surface area (Å²) in [6.45, 7) is 8.14. The first-order valence-electron chi connectivity index (χ1n) is 7.92. The average molecular weight is 270 g/mol. The van der Waals surface area contributed by atoms with Gasteiger partial charge in [0.15, 0.2) is 0 Å². The molecule has 2 N–H and O–H groups in total. The lowest BCUT2D eigenvalue weighted by Crippen LogP contribution is -2.18. The van der Waals surface area contributed by atoms with Crippen LogP contribution in [-0.2, 0) is 0 Å². The summed E-state index contributed by atoms with van der Waals surface area (Å²) in [5.41, 5.74) is -0.537. The molecule has 0 aliphatic rings. The van der Waals surface area contributed by atoms with Crippen LogP contribution in [0.4, 0.5) is 0 Å². The maximum absolute atomic E-state index is 9.75. The van der Waals surface area contributed by atoms with Gasteiger partial charge in [-0.1, -0.05) is 58.1 Å². The Morgan fingerprint density at radius 1 is 1.11 bits per heavy atom. The van der Waals surface area contributed by atoms with E-state index in [0.29, 0.717) is 5.92 Å². The van der Waals surface area contributed by atoms with Crippen molar-refractivity contribution in [2.24, 2.45) is 5.92 Å². The minimum absolute atomic E-state index is 0.268. The first-order chi connectivity index (χ1) is 8.85. The fraction of sp³-hybridized carbons (Fsp3) is 0.882. The average Bonchev–Trinajstić information content (AvgIpc) is 2.27. The molecule has 0 aliphatic carbocycles.